The SMILES string of the molecule is COC(=O)C1(C)OC12CCCC(N(C)C)C2. The molecular formula is C12H21NO3. The smallest absolute Gasteiger partial charge is 0.340 e. The largest absolute Gasteiger partial charge is 0.467 e. The monoisotopic (exact) mass is 227 g/mol. The van der Waals surface area contributed by atoms with Gasteiger partial charge >= 0.3 is 5.97 Å². The number of epoxide rings is 1. The zero-order valence-corrected chi connectivity index (χ0v) is 10.6. The summed E-state index contributed by atoms with van der Waals surface area (Å²) < 4.78 is 10.6. The summed E-state index contributed by atoms with van der Waals surface area (Å²) in [4.78, 5) is 13.9. The van der Waals surface area contributed by atoms with Crippen LogP contribution >= 0.6 is 0 Å². The summed E-state index contributed by atoms with van der Waals surface area (Å²) >= 11 is 0. The molecule has 1 heterocycles. The molecule has 2 rings (SSSR count). The van der Waals surface area contributed by atoms with E-state index in [2.05, 4.69) is 19.0 Å². The van der Waals surface area contributed by atoms with Crippen molar-refractivity contribution in [3.8, 4) is 0 Å². The zero-order chi connectivity index (χ0) is 12.0. The van der Waals surface area contributed by atoms with Crippen molar-refractivity contribution in [3.63, 3.8) is 0 Å². The van der Waals surface area contributed by atoms with Crippen molar-refractivity contribution in [2.75, 3.05) is 21.2 Å². The Morgan fingerprint density at radius 1 is 1.50 bits per heavy atom. The lowest BCUT2D eigenvalue weighted by molar-refractivity contribution is -0.146. The van der Waals surface area contributed by atoms with Gasteiger partial charge in [0.1, 0.15) is 5.60 Å². The lowest BCUT2D eigenvalue weighted by Crippen LogP contribution is -2.42. The number of nitrogens with zero attached hydrogens (tertiary/aromatic N) is 1. The highest BCUT2D eigenvalue weighted by molar-refractivity contribution is 5.84. The summed E-state index contributed by atoms with van der Waals surface area (Å²) in [5.74, 6) is -0.230. The van der Waals surface area contributed by atoms with Gasteiger partial charge in [-0.05, 0) is 46.7 Å². The van der Waals surface area contributed by atoms with Crippen LogP contribution in [0.25, 0.3) is 0 Å². The van der Waals surface area contributed by atoms with E-state index < -0.39 is 5.60 Å². The van der Waals surface area contributed by atoms with Gasteiger partial charge in [0.15, 0.2) is 5.60 Å². The average Bonchev–Trinajstić information content (AvgIpc) is 2.83. The molecule has 3 atom stereocenters. The van der Waals surface area contributed by atoms with Gasteiger partial charge in [-0.25, -0.2) is 4.79 Å². The Labute approximate surface area is 96.9 Å². The minimum atomic E-state index is -0.698. The topological polar surface area (TPSA) is 42.1 Å². The van der Waals surface area contributed by atoms with Gasteiger partial charge in [0.05, 0.1) is 7.11 Å². The molecule has 4 heteroatoms. The second kappa shape index (κ2) is 3.70. The third-order valence-corrected chi connectivity index (χ3v) is 4.22. The van der Waals surface area contributed by atoms with Gasteiger partial charge in [-0.1, -0.05) is 0 Å². The molecule has 3 unspecified atom stereocenters. The van der Waals surface area contributed by atoms with E-state index in [1.807, 2.05) is 6.92 Å². The van der Waals surface area contributed by atoms with Crippen molar-refractivity contribution in [2.45, 2.75) is 49.9 Å². The molecule has 1 aliphatic heterocycles. The van der Waals surface area contributed by atoms with Crippen LogP contribution in [0, 0.1) is 0 Å². The zero-order valence-electron chi connectivity index (χ0n) is 10.6. The fourth-order valence-electron chi connectivity index (χ4n) is 2.96. The van der Waals surface area contributed by atoms with Gasteiger partial charge in [0.25, 0.3) is 0 Å². The maximum atomic E-state index is 11.7. The number of carbonyl (C=O) groups is 1. The Balaban J connectivity index is 2.09. The Hall–Kier alpha value is -0.610. The molecule has 1 aliphatic carbocycles. The maximum absolute atomic E-state index is 11.7. The molecule has 0 aromatic rings. The first-order chi connectivity index (χ1) is 7.45. The summed E-state index contributed by atoms with van der Waals surface area (Å²) in [5.41, 5.74) is -0.955. The molecule has 2 aliphatic rings. The standard InChI is InChI=1S/C12H21NO3/c1-11(10(14)15-4)12(16-11)7-5-6-9(8-12)13(2)3/h9H,5-8H2,1-4H3. The molecule has 0 bridgehead atoms. The number of rotatable bonds is 2. The average molecular weight is 227 g/mol. The van der Waals surface area contributed by atoms with Crippen LogP contribution in [0.4, 0.5) is 0 Å². The molecule has 2 fully saturated rings. The van der Waals surface area contributed by atoms with E-state index in [0.717, 1.165) is 19.3 Å². The van der Waals surface area contributed by atoms with Crippen molar-refractivity contribution in [1.82, 2.24) is 4.90 Å². The Bertz CT molecular complexity index is 305. The first-order valence-electron chi connectivity index (χ1n) is 5.90. The summed E-state index contributed by atoms with van der Waals surface area (Å²) in [6.07, 6.45) is 4.22. The highest BCUT2D eigenvalue weighted by atomic mass is 16.7. The Kier molecular flexibility index (Phi) is 2.75. The number of esters is 1. The normalized spacial score (nSPS) is 42.4. The summed E-state index contributed by atoms with van der Waals surface area (Å²) in [6.45, 7) is 1.86. The molecule has 1 spiro atoms. The van der Waals surface area contributed by atoms with Crippen LogP contribution in [0.1, 0.15) is 32.6 Å². The minimum absolute atomic E-state index is 0.230. The lowest BCUT2D eigenvalue weighted by Gasteiger charge is -2.32. The number of hydrogen-bond donors (Lipinski definition) is 0. The van der Waals surface area contributed by atoms with Crippen LogP contribution in [0.15, 0.2) is 0 Å². The summed E-state index contributed by atoms with van der Waals surface area (Å²) in [7, 11) is 5.60. The number of carbonyl (C=O) groups excluding carboxylic acids is 1. The van der Waals surface area contributed by atoms with Crippen molar-refractivity contribution in [1.29, 1.82) is 0 Å². The number of ether oxygens (including phenoxy) is 2. The van der Waals surface area contributed by atoms with Crippen molar-refractivity contribution in [2.24, 2.45) is 0 Å². The third-order valence-electron chi connectivity index (χ3n) is 4.22. The van der Waals surface area contributed by atoms with Crippen LogP contribution in [-0.4, -0.2) is 49.3 Å². The van der Waals surface area contributed by atoms with E-state index in [9.17, 15) is 4.79 Å². The van der Waals surface area contributed by atoms with Gasteiger partial charge in [-0.3, -0.25) is 0 Å². The van der Waals surface area contributed by atoms with Gasteiger partial charge in [0.2, 0.25) is 0 Å². The van der Waals surface area contributed by atoms with Gasteiger partial charge in [-0.2, -0.15) is 0 Å². The predicted octanol–water partition coefficient (Wildman–Crippen LogP) is 1.19. The molecule has 4 nitrogen and oxygen atoms in total. The van der Waals surface area contributed by atoms with Gasteiger partial charge in [-0.15, -0.1) is 0 Å². The second-order valence-electron chi connectivity index (χ2n) is 5.33. The Morgan fingerprint density at radius 3 is 2.75 bits per heavy atom. The number of hydrogen-bond acceptors (Lipinski definition) is 4. The lowest BCUT2D eigenvalue weighted by atomic mass is 9.78. The van der Waals surface area contributed by atoms with Gasteiger partial charge < -0.3 is 14.4 Å². The molecule has 0 aromatic carbocycles. The van der Waals surface area contributed by atoms with E-state index in [-0.39, 0.29) is 11.6 Å². The van der Waals surface area contributed by atoms with Crippen molar-refractivity contribution >= 4 is 5.97 Å². The van der Waals surface area contributed by atoms with Crippen molar-refractivity contribution in [3.05, 3.63) is 0 Å². The third kappa shape index (κ3) is 1.55. The fourth-order valence-corrected chi connectivity index (χ4v) is 2.96. The molecule has 0 amide bonds. The van der Waals surface area contributed by atoms with Crippen LogP contribution < -0.4 is 0 Å². The van der Waals surface area contributed by atoms with E-state index in [1.165, 1.54) is 13.5 Å². The van der Waals surface area contributed by atoms with E-state index >= 15 is 0 Å². The van der Waals surface area contributed by atoms with Gasteiger partial charge in [0, 0.05) is 6.04 Å². The summed E-state index contributed by atoms with van der Waals surface area (Å²) in [6, 6.07) is 0.514. The van der Waals surface area contributed by atoms with Crippen LogP contribution in [0.5, 0.6) is 0 Å². The molecule has 92 valence electrons. The minimum Gasteiger partial charge on any atom is -0.467 e. The highest BCUT2D eigenvalue weighted by Gasteiger charge is 2.72. The second-order valence-corrected chi connectivity index (χ2v) is 5.33. The van der Waals surface area contributed by atoms with Crippen LogP contribution in [0.3, 0.4) is 0 Å². The fraction of sp³-hybridized carbons (Fsp3) is 0.917. The van der Waals surface area contributed by atoms with E-state index in [4.69, 9.17) is 9.47 Å². The predicted molar refractivity (Wildman–Crippen MR) is 60.2 cm³/mol. The molecular weight excluding hydrogens is 206 g/mol. The molecule has 0 radical (unpaired) electrons. The highest BCUT2D eigenvalue weighted by Crippen LogP contribution is 2.57. The molecule has 1 saturated carbocycles. The maximum Gasteiger partial charge on any atom is 0.340 e. The number of methoxy groups -OCH3 is 1. The van der Waals surface area contributed by atoms with Crippen LogP contribution in [-0.2, 0) is 14.3 Å². The van der Waals surface area contributed by atoms with Crippen LogP contribution in [0.2, 0.25) is 0 Å². The first kappa shape index (κ1) is 11.9. The van der Waals surface area contributed by atoms with E-state index in [1.54, 1.807) is 0 Å². The molecule has 1 saturated heterocycles. The molecule has 0 aromatic heterocycles. The first-order valence-corrected chi connectivity index (χ1v) is 5.90. The molecule has 0 N–H and O–H groups in total. The quantitative estimate of drug-likeness (QED) is 0.525. The molecule has 16 heavy (non-hydrogen) atoms. The van der Waals surface area contributed by atoms with Crippen molar-refractivity contribution < 1.29 is 14.3 Å². The summed E-state index contributed by atoms with van der Waals surface area (Å²) in [5, 5.41) is 0. The Morgan fingerprint density at radius 2 is 2.19 bits per heavy atom. The van der Waals surface area contributed by atoms with E-state index in [0.29, 0.717) is 6.04 Å².